The van der Waals surface area contributed by atoms with E-state index in [1.54, 1.807) is 11.6 Å². The summed E-state index contributed by atoms with van der Waals surface area (Å²) in [6.45, 7) is 2.88. The lowest BCUT2D eigenvalue weighted by Crippen LogP contribution is -2.17. The molecule has 1 atom stereocenters. The Morgan fingerprint density at radius 3 is 2.59 bits per heavy atom. The molecule has 1 unspecified atom stereocenters. The van der Waals surface area contributed by atoms with Gasteiger partial charge in [0.05, 0.1) is 0 Å². The molecule has 0 bridgehead atoms. The third-order valence-corrected chi connectivity index (χ3v) is 6.48. The largest absolute Gasteiger partial charge is 0.611 e. The fourth-order valence-corrected chi connectivity index (χ4v) is 4.22. The van der Waals surface area contributed by atoms with E-state index < -0.39 is 11.2 Å². The van der Waals surface area contributed by atoms with Gasteiger partial charge in [-0.2, -0.15) is 0 Å². The molecule has 4 nitrogen and oxygen atoms in total. The summed E-state index contributed by atoms with van der Waals surface area (Å²) in [5.74, 6) is 1.33. The Bertz CT molecular complexity index is 1040. The topological polar surface area (TPSA) is 57.1 Å². The lowest BCUT2D eigenvalue weighted by atomic mass is 9.99. The predicted molar refractivity (Wildman–Crippen MR) is 113 cm³/mol. The number of nitrogens with one attached hydrogen (secondary N) is 1. The molecule has 1 aliphatic rings. The maximum Gasteiger partial charge on any atom is 0.258 e. The summed E-state index contributed by atoms with van der Waals surface area (Å²) in [7, 11) is 1.78. The molecule has 0 radical (unpaired) electrons. The zero-order valence-corrected chi connectivity index (χ0v) is 16.5. The SMILES string of the molecule is CC[S+]([O-])c1ccc(NCC2CC2)c(-c2cn(C)c(=O)c3ccccc23)c1. The second-order valence-corrected chi connectivity index (χ2v) is 8.91. The van der Waals surface area contributed by atoms with Gasteiger partial charge in [-0.3, -0.25) is 4.79 Å². The molecule has 1 fully saturated rings. The van der Waals surface area contributed by atoms with E-state index in [1.165, 1.54) is 12.8 Å². The number of aryl methyl sites for hydroxylation is 1. The number of hydrogen-bond donors (Lipinski definition) is 1. The Hall–Kier alpha value is -2.24. The molecule has 1 heterocycles. The van der Waals surface area contributed by atoms with E-state index in [4.69, 9.17) is 0 Å². The smallest absolute Gasteiger partial charge is 0.258 e. The number of anilines is 1. The Labute approximate surface area is 162 Å². The van der Waals surface area contributed by atoms with E-state index in [9.17, 15) is 9.35 Å². The van der Waals surface area contributed by atoms with E-state index >= 15 is 0 Å². The highest BCUT2D eigenvalue weighted by atomic mass is 32.2. The fraction of sp³-hybridized carbons (Fsp3) is 0.318. The van der Waals surface area contributed by atoms with Crippen LogP contribution in [0.2, 0.25) is 0 Å². The Morgan fingerprint density at radius 1 is 1.15 bits per heavy atom. The second-order valence-electron chi connectivity index (χ2n) is 7.17. The maximum atomic E-state index is 12.5. The zero-order chi connectivity index (χ0) is 19.0. The summed E-state index contributed by atoms with van der Waals surface area (Å²) in [5.41, 5.74) is 3.01. The molecule has 1 N–H and O–H groups in total. The number of aromatic nitrogens is 1. The van der Waals surface area contributed by atoms with Crippen LogP contribution in [-0.4, -0.2) is 21.4 Å². The van der Waals surface area contributed by atoms with Crippen LogP contribution in [0.3, 0.4) is 0 Å². The van der Waals surface area contributed by atoms with Crippen molar-refractivity contribution in [3.05, 3.63) is 59.0 Å². The Balaban J connectivity index is 1.91. The van der Waals surface area contributed by atoms with Crippen LogP contribution in [0.25, 0.3) is 21.9 Å². The van der Waals surface area contributed by atoms with Crippen LogP contribution in [-0.2, 0) is 18.2 Å². The van der Waals surface area contributed by atoms with Crippen LogP contribution < -0.4 is 10.9 Å². The minimum absolute atomic E-state index is 0.00451. The van der Waals surface area contributed by atoms with E-state index in [-0.39, 0.29) is 5.56 Å². The average molecular weight is 381 g/mol. The number of rotatable bonds is 6. The monoisotopic (exact) mass is 380 g/mol. The van der Waals surface area contributed by atoms with Crippen LogP contribution in [0, 0.1) is 5.92 Å². The molecule has 4 rings (SSSR count). The summed E-state index contributed by atoms with van der Waals surface area (Å²) in [4.78, 5) is 13.4. The van der Waals surface area contributed by atoms with E-state index in [2.05, 4.69) is 5.32 Å². The summed E-state index contributed by atoms with van der Waals surface area (Å²) in [5, 5.41) is 5.20. The van der Waals surface area contributed by atoms with Crippen molar-refractivity contribution >= 4 is 27.6 Å². The summed E-state index contributed by atoms with van der Waals surface area (Å²) in [6.07, 6.45) is 4.45. The molecule has 0 spiro atoms. The molecular formula is C22H24N2O2S. The number of hydrogen-bond acceptors (Lipinski definition) is 3. The Kier molecular flexibility index (Phi) is 4.98. The average Bonchev–Trinajstić information content (AvgIpc) is 3.53. The van der Waals surface area contributed by atoms with Crippen molar-refractivity contribution in [2.24, 2.45) is 13.0 Å². The van der Waals surface area contributed by atoms with Crippen LogP contribution in [0.1, 0.15) is 19.8 Å². The van der Waals surface area contributed by atoms with Gasteiger partial charge in [0, 0.05) is 48.1 Å². The molecule has 27 heavy (non-hydrogen) atoms. The molecule has 3 aromatic rings. The highest BCUT2D eigenvalue weighted by molar-refractivity contribution is 7.91. The summed E-state index contributed by atoms with van der Waals surface area (Å²) in [6, 6.07) is 13.7. The van der Waals surface area contributed by atoms with Crippen LogP contribution in [0.15, 0.2) is 58.4 Å². The first kappa shape index (κ1) is 18.1. The van der Waals surface area contributed by atoms with Gasteiger partial charge in [0.1, 0.15) is 5.75 Å². The van der Waals surface area contributed by atoms with Crippen molar-refractivity contribution in [2.45, 2.75) is 24.7 Å². The molecule has 1 aromatic heterocycles. The van der Waals surface area contributed by atoms with Gasteiger partial charge in [0.15, 0.2) is 4.90 Å². The fourth-order valence-electron chi connectivity index (χ4n) is 3.42. The van der Waals surface area contributed by atoms with E-state index in [1.807, 2.05) is 55.6 Å². The molecule has 0 amide bonds. The van der Waals surface area contributed by atoms with Gasteiger partial charge < -0.3 is 14.4 Å². The molecule has 0 aliphatic heterocycles. The normalized spacial score (nSPS) is 15.1. The summed E-state index contributed by atoms with van der Waals surface area (Å²) >= 11 is -1.02. The lowest BCUT2D eigenvalue weighted by molar-refractivity contribution is 0.596. The molecule has 1 saturated carbocycles. The predicted octanol–water partition coefficient (Wildman–Crippen LogP) is 4.15. The molecule has 5 heteroatoms. The van der Waals surface area contributed by atoms with Gasteiger partial charge in [0.25, 0.3) is 5.56 Å². The van der Waals surface area contributed by atoms with E-state index in [0.29, 0.717) is 11.1 Å². The van der Waals surface area contributed by atoms with Crippen molar-refractivity contribution in [1.82, 2.24) is 4.57 Å². The quantitative estimate of drug-likeness (QED) is 0.654. The molecular weight excluding hydrogens is 356 g/mol. The highest BCUT2D eigenvalue weighted by Crippen LogP contribution is 2.36. The Morgan fingerprint density at radius 2 is 1.89 bits per heavy atom. The number of fused-ring (bicyclic) bond motifs is 1. The third-order valence-electron chi connectivity index (χ3n) is 5.18. The number of benzene rings is 2. The van der Waals surface area contributed by atoms with E-state index in [0.717, 1.165) is 39.6 Å². The van der Waals surface area contributed by atoms with Crippen molar-refractivity contribution in [3.8, 4) is 11.1 Å². The molecule has 140 valence electrons. The number of nitrogens with zero attached hydrogens (tertiary/aromatic N) is 1. The molecule has 0 saturated heterocycles. The van der Waals surface area contributed by atoms with Crippen LogP contribution in [0.5, 0.6) is 0 Å². The third kappa shape index (κ3) is 3.62. The van der Waals surface area contributed by atoms with Crippen molar-refractivity contribution in [2.75, 3.05) is 17.6 Å². The minimum atomic E-state index is -1.02. The zero-order valence-electron chi connectivity index (χ0n) is 15.7. The van der Waals surface area contributed by atoms with Crippen molar-refractivity contribution in [1.29, 1.82) is 0 Å². The van der Waals surface area contributed by atoms with Gasteiger partial charge in [-0.15, -0.1) is 0 Å². The first-order chi connectivity index (χ1) is 13.1. The van der Waals surface area contributed by atoms with Gasteiger partial charge in [-0.25, -0.2) is 0 Å². The minimum Gasteiger partial charge on any atom is -0.611 e. The van der Waals surface area contributed by atoms with Gasteiger partial charge in [0.2, 0.25) is 0 Å². The molecule has 1 aliphatic carbocycles. The van der Waals surface area contributed by atoms with Gasteiger partial charge >= 0.3 is 0 Å². The first-order valence-electron chi connectivity index (χ1n) is 9.43. The molecule has 2 aromatic carbocycles. The standard InChI is InChI=1S/C22H24N2O2S/c1-3-27(26)16-10-11-21(23-13-15-8-9-15)19(12-16)20-14-24(2)22(25)18-7-5-4-6-17(18)20/h4-7,10-12,14-15,23H,3,8-9,13H2,1-2H3. The summed E-state index contributed by atoms with van der Waals surface area (Å²) < 4.78 is 14.0. The first-order valence-corrected chi connectivity index (χ1v) is 10.8. The second kappa shape index (κ2) is 7.41. The van der Waals surface area contributed by atoms with Crippen LogP contribution >= 0.6 is 0 Å². The van der Waals surface area contributed by atoms with Gasteiger partial charge in [-0.1, -0.05) is 18.2 Å². The highest BCUT2D eigenvalue weighted by Gasteiger charge is 2.22. The lowest BCUT2D eigenvalue weighted by Gasteiger charge is -2.17. The maximum absolute atomic E-state index is 12.5. The number of pyridine rings is 1. The van der Waals surface area contributed by atoms with Gasteiger partial charge in [-0.05, 0) is 60.4 Å². The van der Waals surface area contributed by atoms with Crippen molar-refractivity contribution in [3.63, 3.8) is 0 Å². The van der Waals surface area contributed by atoms with Crippen LogP contribution in [0.4, 0.5) is 5.69 Å². The van der Waals surface area contributed by atoms with Crippen molar-refractivity contribution < 1.29 is 4.55 Å².